The van der Waals surface area contributed by atoms with Crippen LogP contribution in [0, 0.1) is 20.8 Å². The summed E-state index contributed by atoms with van der Waals surface area (Å²) >= 11 is 0. The van der Waals surface area contributed by atoms with Crippen molar-refractivity contribution in [2.24, 2.45) is 0 Å². The molecular formula is C14H18N2O. The summed E-state index contributed by atoms with van der Waals surface area (Å²) in [6.45, 7) is 6.16. The maximum Gasteiger partial charge on any atom is 0.108 e. The number of hydrogen-bond acceptors (Lipinski definition) is 2. The zero-order chi connectivity index (χ0) is 12.4. The molecule has 0 fully saturated rings. The van der Waals surface area contributed by atoms with Crippen LogP contribution >= 0.6 is 0 Å². The van der Waals surface area contributed by atoms with Crippen molar-refractivity contribution in [2.45, 2.75) is 33.3 Å². The molecule has 90 valence electrons. The highest BCUT2D eigenvalue weighted by atomic mass is 16.3. The van der Waals surface area contributed by atoms with Gasteiger partial charge in [-0.1, -0.05) is 17.7 Å². The normalized spacial score (nSPS) is 12.7. The minimum atomic E-state index is -0.498. The SMILES string of the molecule is Cc1cc(C)c(C(O)Cc2ncc[nH]2)c(C)c1. The summed E-state index contributed by atoms with van der Waals surface area (Å²) in [5.41, 5.74) is 4.53. The fourth-order valence-corrected chi connectivity index (χ4v) is 2.41. The van der Waals surface area contributed by atoms with Crippen LogP contribution in [0.1, 0.15) is 34.2 Å². The minimum Gasteiger partial charge on any atom is -0.388 e. The molecule has 1 aromatic carbocycles. The fraction of sp³-hybridized carbons (Fsp3) is 0.357. The van der Waals surface area contributed by atoms with Crippen molar-refractivity contribution in [3.05, 3.63) is 52.6 Å². The molecule has 0 aliphatic heterocycles. The Morgan fingerprint density at radius 1 is 1.24 bits per heavy atom. The van der Waals surface area contributed by atoms with Gasteiger partial charge in [-0.2, -0.15) is 0 Å². The van der Waals surface area contributed by atoms with Crippen LogP contribution in [0.2, 0.25) is 0 Å². The Balaban J connectivity index is 2.27. The standard InChI is InChI=1S/C14H18N2O/c1-9-6-10(2)14(11(3)7-9)12(17)8-13-15-4-5-16-13/h4-7,12,17H,8H2,1-3H3,(H,15,16). The van der Waals surface area contributed by atoms with E-state index < -0.39 is 6.10 Å². The first-order valence-corrected chi connectivity index (χ1v) is 5.82. The number of H-pyrrole nitrogens is 1. The molecule has 1 unspecified atom stereocenters. The molecule has 1 aromatic heterocycles. The van der Waals surface area contributed by atoms with Gasteiger partial charge in [0.25, 0.3) is 0 Å². The van der Waals surface area contributed by atoms with Crippen molar-refractivity contribution in [3.63, 3.8) is 0 Å². The highest BCUT2D eigenvalue weighted by molar-refractivity contribution is 5.39. The number of aliphatic hydroxyl groups excluding tert-OH is 1. The van der Waals surface area contributed by atoms with Gasteiger partial charge in [0.15, 0.2) is 0 Å². The van der Waals surface area contributed by atoms with E-state index in [0.717, 1.165) is 22.5 Å². The van der Waals surface area contributed by atoms with Crippen LogP contribution in [0.25, 0.3) is 0 Å². The predicted molar refractivity (Wildman–Crippen MR) is 67.9 cm³/mol. The zero-order valence-corrected chi connectivity index (χ0v) is 10.5. The molecular weight excluding hydrogens is 212 g/mol. The summed E-state index contributed by atoms with van der Waals surface area (Å²) in [7, 11) is 0. The number of nitrogens with zero attached hydrogens (tertiary/aromatic N) is 1. The van der Waals surface area contributed by atoms with Crippen LogP contribution in [0.15, 0.2) is 24.5 Å². The number of aromatic nitrogens is 2. The highest BCUT2D eigenvalue weighted by Gasteiger charge is 2.15. The number of rotatable bonds is 3. The number of benzene rings is 1. The molecule has 0 spiro atoms. The first-order chi connectivity index (χ1) is 8.08. The summed E-state index contributed by atoms with van der Waals surface area (Å²) < 4.78 is 0. The number of aryl methyl sites for hydroxylation is 3. The van der Waals surface area contributed by atoms with E-state index in [9.17, 15) is 5.11 Å². The third kappa shape index (κ3) is 2.56. The van der Waals surface area contributed by atoms with Crippen molar-refractivity contribution in [1.29, 1.82) is 0 Å². The van der Waals surface area contributed by atoms with Gasteiger partial charge in [-0.15, -0.1) is 0 Å². The van der Waals surface area contributed by atoms with E-state index in [4.69, 9.17) is 0 Å². The summed E-state index contributed by atoms with van der Waals surface area (Å²) in [5.74, 6) is 0.817. The number of imidazole rings is 1. The van der Waals surface area contributed by atoms with Gasteiger partial charge in [0.05, 0.1) is 6.10 Å². The second-order valence-electron chi connectivity index (χ2n) is 4.57. The molecule has 0 aliphatic carbocycles. The molecule has 1 atom stereocenters. The van der Waals surface area contributed by atoms with Crippen molar-refractivity contribution < 1.29 is 5.11 Å². The quantitative estimate of drug-likeness (QED) is 0.851. The van der Waals surface area contributed by atoms with E-state index >= 15 is 0 Å². The molecule has 2 aromatic rings. The molecule has 2 rings (SSSR count). The fourth-order valence-electron chi connectivity index (χ4n) is 2.41. The van der Waals surface area contributed by atoms with Gasteiger partial charge in [0.1, 0.15) is 5.82 Å². The van der Waals surface area contributed by atoms with Crippen LogP contribution in [0.4, 0.5) is 0 Å². The van der Waals surface area contributed by atoms with Crippen molar-refractivity contribution in [1.82, 2.24) is 9.97 Å². The Kier molecular flexibility index (Phi) is 3.29. The smallest absolute Gasteiger partial charge is 0.108 e. The molecule has 1 heterocycles. The molecule has 0 bridgehead atoms. The number of nitrogens with one attached hydrogen (secondary N) is 1. The van der Waals surface area contributed by atoms with E-state index in [1.54, 1.807) is 12.4 Å². The van der Waals surface area contributed by atoms with Crippen LogP contribution in [-0.2, 0) is 6.42 Å². The zero-order valence-electron chi connectivity index (χ0n) is 10.5. The highest BCUT2D eigenvalue weighted by Crippen LogP contribution is 2.25. The molecule has 3 heteroatoms. The van der Waals surface area contributed by atoms with E-state index in [1.807, 2.05) is 13.8 Å². The van der Waals surface area contributed by atoms with Crippen molar-refractivity contribution in [3.8, 4) is 0 Å². The van der Waals surface area contributed by atoms with E-state index in [-0.39, 0.29) is 0 Å². The monoisotopic (exact) mass is 230 g/mol. The molecule has 0 saturated heterocycles. The van der Waals surface area contributed by atoms with Crippen LogP contribution in [0.3, 0.4) is 0 Å². The number of hydrogen-bond donors (Lipinski definition) is 2. The molecule has 3 nitrogen and oxygen atoms in total. The predicted octanol–water partition coefficient (Wildman–Crippen LogP) is 2.61. The first-order valence-electron chi connectivity index (χ1n) is 5.82. The molecule has 0 radical (unpaired) electrons. The second kappa shape index (κ2) is 4.72. The Hall–Kier alpha value is -1.61. The molecule has 17 heavy (non-hydrogen) atoms. The van der Waals surface area contributed by atoms with Gasteiger partial charge in [0, 0.05) is 18.8 Å². The number of aromatic amines is 1. The molecule has 0 amide bonds. The minimum absolute atomic E-state index is 0.498. The summed E-state index contributed by atoms with van der Waals surface area (Å²) in [5, 5.41) is 10.3. The van der Waals surface area contributed by atoms with Crippen LogP contribution in [0.5, 0.6) is 0 Å². The second-order valence-corrected chi connectivity index (χ2v) is 4.57. The van der Waals surface area contributed by atoms with Crippen molar-refractivity contribution >= 4 is 0 Å². The Morgan fingerprint density at radius 3 is 2.41 bits per heavy atom. The third-order valence-electron chi connectivity index (χ3n) is 3.01. The molecule has 2 N–H and O–H groups in total. The van der Waals surface area contributed by atoms with Crippen LogP contribution in [-0.4, -0.2) is 15.1 Å². The van der Waals surface area contributed by atoms with Crippen molar-refractivity contribution in [2.75, 3.05) is 0 Å². The molecule has 0 aliphatic rings. The maximum absolute atomic E-state index is 10.3. The number of aliphatic hydroxyl groups is 1. The summed E-state index contributed by atoms with van der Waals surface area (Å²) in [6, 6.07) is 4.21. The largest absolute Gasteiger partial charge is 0.388 e. The Morgan fingerprint density at radius 2 is 1.88 bits per heavy atom. The third-order valence-corrected chi connectivity index (χ3v) is 3.01. The average molecular weight is 230 g/mol. The summed E-state index contributed by atoms with van der Waals surface area (Å²) in [4.78, 5) is 7.16. The van der Waals surface area contributed by atoms with Gasteiger partial charge in [-0.25, -0.2) is 4.98 Å². The Labute approximate surface area is 102 Å². The van der Waals surface area contributed by atoms with E-state index in [1.165, 1.54) is 5.56 Å². The Bertz CT molecular complexity index is 480. The van der Waals surface area contributed by atoms with Gasteiger partial charge in [-0.3, -0.25) is 0 Å². The van der Waals surface area contributed by atoms with Gasteiger partial charge in [0.2, 0.25) is 0 Å². The topological polar surface area (TPSA) is 48.9 Å². The lowest BCUT2D eigenvalue weighted by molar-refractivity contribution is 0.174. The lowest BCUT2D eigenvalue weighted by Crippen LogP contribution is -2.07. The average Bonchev–Trinajstić information content (AvgIpc) is 2.68. The lowest BCUT2D eigenvalue weighted by Gasteiger charge is -2.16. The maximum atomic E-state index is 10.3. The molecule has 0 saturated carbocycles. The lowest BCUT2D eigenvalue weighted by atomic mass is 9.94. The van der Waals surface area contributed by atoms with Crippen LogP contribution < -0.4 is 0 Å². The summed E-state index contributed by atoms with van der Waals surface area (Å²) in [6.07, 6.45) is 3.51. The van der Waals surface area contributed by atoms with E-state index in [0.29, 0.717) is 6.42 Å². The first kappa shape index (κ1) is 11.9. The van der Waals surface area contributed by atoms with Gasteiger partial charge in [-0.05, 0) is 37.5 Å². The van der Waals surface area contributed by atoms with Gasteiger partial charge < -0.3 is 10.1 Å². The van der Waals surface area contributed by atoms with E-state index in [2.05, 4.69) is 29.0 Å². The van der Waals surface area contributed by atoms with Gasteiger partial charge >= 0.3 is 0 Å².